The van der Waals surface area contributed by atoms with Crippen LogP contribution in [0.25, 0.3) is 0 Å². The maximum absolute atomic E-state index is 11.8. The number of likely N-dealkylation sites (tertiary alicyclic amines) is 1. The zero-order valence-electron chi connectivity index (χ0n) is 13.9. The molecular formula is C16H30N4O2. The lowest BCUT2D eigenvalue weighted by molar-refractivity contribution is -0.121. The van der Waals surface area contributed by atoms with Crippen molar-refractivity contribution in [3.05, 3.63) is 0 Å². The van der Waals surface area contributed by atoms with E-state index in [2.05, 4.69) is 20.9 Å². The molecular weight excluding hydrogens is 280 g/mol. The summed E-state index contributed by atoms with van der Waals surface area (Å²) in [5, 5.41) is 8.71. The molecule has 1 aliphatic heterocycles. The molecule has 0 spiro atoms. The molecule has 2 fully saturated rings. The van der Waals surface area contributed by atoms with Crippen molar-refractivity contribution in [3.63, 3.8) is 0 Å². The van der Waals surface area contributed by atoms with Crippen LogP contribution in [-0.4, -0.2) is 55.6 Å². The van der Waals surface area contributed by atoms with Gasteiger partial charge in [0.1, 0.15) is 0 Å². The number of amides is 3. The Labute approximate surface area is 133 Å². The van der Waals surface area contributed by atoms with E-state index in [1.807, 2.05) is 13.8 Å². The second-order valence-electron chi connectivity index (χ2n) is 7.05. The van der Waals surface area contributed by atoms with Gasteiger partial charge in [-0.25, -0.2) is 4.79 Å². The van der Waals surface area contributed by atoms with Crippen molar-refractivity contribution >= 4 is 11.9 Å². The lowest BCUT2D eigenvalue weighted by Gasteiger charge is -2.31. The standard InChI is InChI=1S/C16H30N4O2/c1-12(2)9-18-16(22)19-15(21)11-20-7-5-14(6-8-20)17-10-13-3-4-13/h12-14,17H,3-11H2,1-2H3,(H2,18,19,21,22). The summed E-state index contributed by atoms with van der Waals surface area (Å²) in [5.74, 6) is 1.07. The Balaban J connectivity index is 1.56. The summed E-state index contributed by atoms with van der Waals surface area (Å²) in [4.78, 5) is 25.5. The molecule has 2 aliphatic rings. The summed E-state index contributed by atoms with van der Waals surface area (Å²) in [6.45, 7) is 7.92. The highest BCUT2D eigenvalue weighted by Crippen LogP contribution is 2.28. The van der Waals surface area contributed by atoms with E-state index >= 15 is 0 Å². The molecule has 126 valence electrons. The smallest absolute Gasteiger partial charge is 0.321 e. The normalized spacial score (nSPS) is 20.1. The number of hydrogen-bond donors (Lipinski definition) is 3. The van der Waals surface area contributed by atoms with Crippen LogP contribution in [-0.2, 0) is 4.79 Å². The predicted octanol–water partition coefficient (Wildman–Crippen LogP) is 0.932. The van der Waals surface area contributed by atoms with Crippen molar-refractivity contribution in [2.75, 3.05) is 32.7 Å². The zero-order valence-corrected chi connectivity index (χ0v) is 13.9. The maximum atomic E-state index is 11.8. The first-order valence-corrected chi connectivity index (χ1v) is 8.56. The highest BCUT2D eigenvalue weighted by Gasteiger charge is 2.25. The van der Waals surface area contributed by atoms with E-state index in [1.54, 1.807) is 0 Å². The van der Waals surface area contributed by atoms with Crippen molar-refractivity contribution in [1.82, 2.24) is 20.9 Å². The Bertz CT molecular complexity index is 374. The van der Waals surface area contributed by atoms with E-state index in [-0.39, 0.29) is 11.9 Å². The number of urea groups is 1. The van der Waals surface area contributed by atoms with Gasteiger partial charge in [0.25, 0.3) is 0 Å². The van der Waals surface area contributed by atoms with Crippen molar-refractivity contribution in [3.8, 4) is 0 Å². The van der Waals surface area contributed by atoms with E-state index in [9.17, 15) is 9.59 Å². The number of nitrogens with zero attached hydrogens (tertiary/aromatic N) is 1. The maximum Gasteiger partial charge on any atom is 0.321 e. The minimum Gasteiger partial charge on any atom is -0.338 e. The second-order valence-corrected chi connectivity index (χ2v) is 7.05. The Morgan fingerprint density at radius 2 is 1.82 bits per heavy atom. The summed E-state index contributed by atoms with van der Waals surface area (Å²) in [6.07, 6.45) is 4.93. The SMILES string of the molecule is CC(C)CNC(=O)NC(=O)CN1CCC(NCC2CC2)CC1. The Morgan fingerprint density at radius 1 is 1.14 bits per heavy atom. The molecule has 0 aromatic carbocycles. The van der Waals surface area contributed by atoms with Gasteiger partial charge in [-0.15, -0.1) is 0 Å². The van der Waals surface area contributed by atoms with Gasteiger partial charge in [0, 0.05) is 25.7 Å². The first-order valence-electron chi connectivity index (χ1n) is 8.56. The number of hydrogen-bond acceptors (Lipinski definition) is 4. The molecule has 6 heteroatoms. The van der Waals surface area contributed by atoms with Crippen molar-refractivity contribution in [2.45, 2.75) is 45.6 Å². The third-order valence-electron chi connectivity index (χ3n) is 4.27. The number of carbonyl (C=O) groups excluding carboxylic acids is 2. The second kappa shape index (κ2) is 8.48. The van der Waals surface area contributed by atoms with E-state index in [4.69, 9.17) is 0 Å². The summed E-state index contributed by atoms with van der Waals surface area (Å²) in [5.41, 5.74) is 0. The lowest BCUT2D eigenvalue weighted by Crippen LogP contribution is -2.49. The summed E-state index contributed by atoms with van der Waals surface area (Å²) >= 11 is 0. The fraction of sp³-hybridized carbons (Fsp3) is 0.875. The molecule has 1 heterocycles. The highest BCUT2D eigenvalue weighted by molar-refractivity contribution is 5.95. The first kappa shape index (κ1) is 17.2. The fourth-order valence-electron chi connectivity index (χ4n) is 2.66. The average Bonchev–Trinajstić information content (AvgIpc) is 3.28. The largest absolute Gasteiger partial charge is 0.338 e. The molecule has 0 unspecified atom stereocenters. The molecule has 6 nitrogen and oxygen atoms in total. The van der Waals surface area contributed by atoms with Crippen LogP contribution in [0, 0.1) is 11.8 Å². The quantitative estimate of drug-likeness (QED) is 0.654. The number of piperidine rings is 1. The molecule has 0 aromatic rings. The van der Waals surface area contributed by atoms with Gasteiger partial charge in [-0.05, 0) is 44.1 Å². The number of rotatable bonds is 7. The number of nitrogens with one attached hydrogen (secondary N) is 3. The third kappa shape index (κ3) is 6.75. The Morgan fingerprint density at radius 3 is 2.41 bits per heavy atom. The van der Waals surface area contributed by atoms with Crippen LogP contribution in [0.1, 0.15) is 39.5 Å². The van der Waals surface area contributed by atoms with Crippen LogP contribution >= 0.6 is 0 Å². The van der Waals surface area contributed by atoms with E-state index < -0.39 is 0 Å². The molecule has 0 radical (unpaired) electrons. The summed E-state index contributed by atoms with van der Waals surface area (Å²) < 4.78 is 0. The van der Waals surface area contributed by atoms with Crippen LogP contribution in [0.2, 0.25) is 0 Å². The van der Waals surface area contributed by atoms with E-state index in [0.29, 0.717) is 25.0 Å². The molecule has 1 saturated carbocycles. The predicted molar refractivity (Wildman–Crippen MR) is 86.6 cm³/mol. The molecule has 1 saturated heterocycles. The van der Waals surface area contributed by atoms with Gasteiger partial charge in [0.15, 0.2) is 0 Å². The Hall–Kier alpha value is -1.14. The van der Waals surface area contributed by atoms with E-state index in [1.165, 1.54) is 12.8 Å². The van der Waals surface area contributed by atoms with Gasteiger partial charge >= 0.3 is 6.03 Å². The molecule has 22 heavy (non-hydrogen) atoms. The van der Waals surface area contributed by atoms with Gasteiger partial charge < -0.3 is 10.6 Å². The minimum absolute atomic E-state index is 0.217. The molecule has 3 amide bonds. The molecule has 0 atom stereocenters. The number of imide groups is 1. The van der Waals surface area contributed by atoms with Crippen molar-refractivity contribution in [2.24, 2.45) is 11.8 Å². The molecule has 2 rings (SSSR count). The van der Waals surface area contributed by atoms with Crippen LogP contribution in [0.5, 0.6) is 0 Å². The highest BCUT2D eigenvalue weighted by atomic mass is 16.2. The zero-order chi connectivity index (χ0) is 15.9. The summed E-state index contributed by atoms with van der Waals surface area (Å²) in [6, 6.07) is 0.203. The average molecular weight is 310 g/mol. The first-order chi connectivity index (χ1) is 10.5. The number of carbonyl (C=O) groups is 2. The van der Waals surface area contributed by atoms with Crippen LogP contribution in [0.3, 0.4) is 0 Å². The third-order valence-corrected chi connectivity index (χ3v) is 4.27. The molecule has 3 N–H and O–H groups in total. The van der Waals surface area contributed by atoms with Gasteiger partial charge in [-0.2, -0.15) is 0 Å². The van der Waals surface area contributed by atoms with Crippen LogP contribution in [0.4, 0.5) is 4.79 Å². The van der Waals surface area contributed by atoms with Crippen LogP contribution in [0.15, 0.2) is 0 Å². The minimum atomic E-state index is -0.389. The van der Waals surface area contributed by atoms with Gasteiger partial charge in [0.2, 0.25) is 5.91 Å². The van der Waals surface area contributed by atoms with E-state index in [0.717, 1.165) is 38.4 Å². The molecule has 0 bridgehead atoms. The Kier molecular flexibility index (Phi) is 6.64. The topological polar surface area (TPSA) is 73.5 Å². The fourth-order valence-corrected chi connectivity index (χ4v) is 2.66. The van der Waals surface area contributed by atoms with Crippen molar-refractivity contribution < 1.29 is 9.59 Å². The molecule has 1 aliphatic carbocycles. The monoisotopic (exact) mass is 310 g/mol. The lowest BCUT2D eigenvalue weighted by atomic mass is 10.0. The van der Waals surface area contributed by atoms with Gasteiger partial charge in [-0.3, -0.25) is 15.0 Å². The van der Waals surface area contributed by atoms with Gasteiger partial charge in [-0.1, -0.05) is 13.8 Å². The van der Waals surface area contributed by atoms with Gasteiger partial charge in [0.05, 0.1) is 6.54 Å². The van der Waals surface area contributed by atoms with Crippen molar-refractivity contribution in [1.29, 1.82) is 0 Å². The molecule has 0 aromatic heterocycles. The summed E-state index contributed by atoms with van der Waals surface area (Å²) in [7, 11) is 0. The van der Waals surface area contributed by atoms with Crippen LogP contribution < -0.4 is 16.0 Å².